The molecule has 4 rings (SSSR count). The Labute approximate surface area is 223 Å². The molecule has 0 unspecified atom stereocenters. The summed E-state index contributed by atoms with van der Waals surface area (Å²) >= 11 is 5.90. The van der Waals surface area contributed by atoms with Gasteiger partial charge in [-0.1, -0.05) is 42.3 Å². The van der Waals surface area contributed by atoms with Crippen LogP contribution in [0.15, 0.2) is 72.8 Å². The van der Waals surface area contributed by atoms with Crippen molar-refractivity contribution < 1.29 is 14.3 Å². The van der Waals surface area contributed by atoms with Gasteiger partial charge in [-0.05, 0) is 73.4 Å². The smallest absolute Gasteiger partial charge is 0.224 e. The fourth-order valence-corrected chi connectivity index (χ4v) is 4.44. The predicted molar refractivity (Wildman–Crippen MR) is 149 cm³/mol. The van der Waals surface area contributed by atoms with E-state index in [1.807, 2.05) is 54.6 Å². The van der Waals surface area contributed by atoms with E-state index in [2.05, 4.69) is 28.1 Å². The van der Waals surface area contributed by atoms with Crippen LogP contribution in [-0.2, 0) is 24.2 Å². The van der Waals surface area contributed by atoms with Crippen molar-refractivity contribution in [2.45, 2.75) is 45.1 Å². The number of benzene rings is 3. The third kappa shape index (κ3) is 7.99. The third-order valence-corrected chi connectivity index (χ3v) is 6.52. The Bertz CT molecular complexity index is 1270. The van der Waals surface area contributed by atoms with Crippen molar-refractivity contribution in [3.63, 3.8) is 0 Å². The topological polar surface area (TPSA) is 65.4 Å². The summed E-state index contributed by atoms with van der Waals surface area (Å²) in [5, 5.41) is 3.70. The number of carbonyl (C=O) groups excluding carboxylic acids is 1. The van der Waals surface area contributed by atoms with Crippen molar-refractivity contribution in [3.8, 4) is 11.5 Å². The zero-order valence-corrected chi connectivity index (χ0v) is 22.0. The van der Waals surface area contributed by atoms with Crippen LogP contribution in [0.2, 0.25) is 5.02 Å². The number of nitrogens with one attached hydrogen (secondary N) is 1. The summed E-state index contributed by atoms with van der Waals surface area (Å²) in [6, 6.07) is 23.4. The van der Waals surface area contributed by atoms with Crippen LogP contribution < -0.4 is 14.8 Å². The Morgan fingerprint density at radius 3 is 2.46 bits per heavy atom. The van der Waals surface area contributed by atoms with E-state index in [9.17, 15) is 4.79 Å². The third-order valence-electron chi connectivity index (χ3n) is 6.27. The van der Waals surface area contributed by atoms with E-state index in [1.165, 1.54) is 0 Å². The Kier molecular flexibility index (Phi) is 9.83. The van der Waals surface area contributed by atoms with Gasteiger partial charge in [0.2, 0.25) is 5.91 Å². The minimum atomic E-state index is 0.0426. The van der Waals surface area contributed by atoms with Gasteiger partial charge in [0, 0.05) is 24.5 Å². The number of carbonyl (C=O) groups is 1. The zero-order chi connectivity index (χ0) is 25.9. The zero-order valence-electron chi connectivity index (χ0n) is 21.3. The van der Waals surface area contributed by atoms with Gasteiger partial charge in [0.1, 0.15) is 17.3 Å². The number of rotatable bonds is 14. The van der Waals surface area contributed by atoms with E-state index in [0.29, 0.717) is 24.6 Å². The molecule has 0 spiro atoms. The minimum absolute atomic E-state index is 0.0426. The maximum atomic E-state index is 12.2. The van der Waals surface area contributed by atoms with Gasteiger partial charge in [-0.15, -0.1) is 0 Å². The van der Waals surface area contributed by atoms with Crippen molar-refractivity contribution in [1.29, 1.82) is 0 Å². The monoisotopic (exact) mass is 519 g/mol. The Morgan fingerprint density at radius 1 is 0.919 bits per heavy atom. The molecule has 0 aliphatic rings. The number of ether oxygens (including phenoxy) is 2. The molecule has 0 saturated heterocycles. The van der Waals surface area contributed by atoms with Crippen LogP contribution in [0.25, 0.3) is 11.0 Å². The molecule has 6 nitrogen and oxygen atoms in total. The molecule has 37 heavy (non-hydrogen) atoms. The number of imidazole rings is 1. The number of aryl methyl sites for hydroxylation is 2. The fourth-order valence-electron chi connectivity index (χ4n) is 4.31. The molecule has 0 saturated carbocycles. The van der Waals surface area contributed by atoms with Crippen LogP contribution in [0.3, 0.4) is 0 Å². The average Bonchev–Trinajstić information content (AvgIpc) is 3.27. The van der Waals surface area contributed by atoms with Crippen LogP contribution >= 0.6 is 11.6 Å². The fraction of sp³-hybridized carbons (Fsp3) is 0.333. The van der Waals surface area contributed by atoms with E-state index in [1.54, 1.807) is 7.11 Å². The number of amides is 1. The van der Waals surface area contributed by atoms with Gasteiger partial charge in [-0.25, -0.2) is 4.98 Å². The molecule has 0 aliphatic heterocycles. The van der Waals surface area contributed by atoms with Gasteiger partial charge in [0.15, 0.2) is 0 Å². The Hall–Kier alpha value is -3.51. The quantitative estimate of drug-likeness (QED) is 0.200. The van der Waals surface area contributed by atoms with Crippen LogP contribution in [0.4, 0.5) is 0 Å². The summed E-state index contributed by atoms with van der Waals surface area (Å²) in [4.78, 5) is 17.1. The molecule has 1 heterocycles. The van der Waals surface area contributed by atoms with Crippen LogP contribution in [0.5, 0.6) is 11.5 Å². The molecular formula is C30H34ClN3O3. The number of nitrogens with zero attached hydrogens (tertiary/aromatic N) is 2. The van der Waals surface area contributed by atoms with E-state index >= 15 is 0 Å². The molecule has 3 aromatic carbocycles. The summed E-state index contributed by atoms with van der Waals surface area (Å²) in [6.07, 6.45) is 5.18. The second-order valence-corrected chi connectivity index (χ2v) is 9.45. The standard InChI is InChI=1S/C30H34ClN3O3/c1-36-25-15-17-26(18-16-25)37-21-7-20-34-28-9-5-4-8-27(28)33-29(34)10-3-2-6-19-32-30(35)22-23-11-13-24(31)14-12-23/h4-5,8-9,11-18H,2-3,6-7,10,19-22H2,1H3,(H,32,35). The highest BCUT2D eigenvalue weighted by atomic mass is 35.5. The van der Waals surface area contributed by atoms with E-state index in [-0.39, 0.29) is 5.91 Å². The number of para-hydroxylation sites is 2. The van der Waals surface area contributed by atoms with Gasteiger partial charge in [0.05, 0.1) is 31.2 Å². The lowest BCUT2D eigenvalue weighted by molar-refractivity contribution is -0.120. The van der Waals surface area contributed by atoms with Crippen molar-refractivity contribution in [3.05, 3.63) is 89.2 Å². The first kappa shape index (κ1) is 26.6. The largest absolute Gasteiger partial charge is 0.497 e. The molecule has 4 aromatic rings. The maximum Gasteiger partial charge on any atom is 0.224 e. The first-order chi connectivity index (χ1) is 18.1. The number of aromatic nitrogens is 2. The number of hydrogen-bond acceptors (Lipinski definition) is 4. The Morgan fingerprint density at radius 2 is 1.68 bits per heavy atom. The van der Waals surface area contributed by atoms with Gasteiger partial charge >= 0.3 is 0 Å². The predicted octanol–water partition coefficient (Wildman–Crippen LogP) is 6.24. The molecule has 7 heteroatoms. The van der Waals surface area contributed by atoms with Crippen molar-refractivity contribution in [2.75, 3.05) is 20.3 Å². The van der Waals surface area contributed by atoms with Crippen molar-refractivity contribution in [1.82, 2.24) is 14.9 Å². The average molecular weight is 520 g/mol. The molecular weight excluding hydrogens is 486 g/mol. The highest BCUT2D eigenvalue weighted by molar-refractivity contribution is 6.30. The minimum Gasteiger partial charge on any atom is -0.497 e. The summed E-state index contributed by atoms with van der Waals surface area (Å²) in [6.45, 7) is 2.17. The van der Waals surface area contributed by atoms with Crippen LogP contribution in [-0.4, -0.2) is 35.7 Å². The lowest BCUT2D eigenvalue weighted by Crippen LogP contribution is -2.26. The van der Waals surface area contributed by atoms with E-state index < -0.39 is 0 Å². The van der Waals surface area contributed by atoms with E-state index in [4.69, 9.17) is 26.1 Å². The van der Waals surface area contributed by atoms with Crippen molar-refractivity contribution >= 4 is 28.5 Å². The molecule has 0 radical (unpaired) electrons. The molecule has 0 fully saturated rings. The van der Waals surface area contributed by atoms with Gasteiger partial charge < -0.3 is 19.4 Å². The SMILES string of the molecule is COc1ccc(OCCCn2c(CCCCCNC(=O)Cc3ccc(Cl)cc3)nc3ccccc32)cc1. The summed E-state index contributed by atoms with van der Waals surface area (Å²) < 4.78 is 13.4. The molecule has 0 bridgehead atoms. The number of hydrogen-bond donors (Lipinski definition) is 1. The molecule has 1 amide bonds. The summed E-state index contributed by atoms with van der Waals surface area (Å²) in [5.41, 5.74) is 3.16. The molecule has 0 aliphatic carbocycles. The molecule has 194 valence electrons. The number of unbranched alkanes of at least 4 members (excludes halogenated alkanes) is 2. The number of methoxy groups -OCH3 is 1. The summed E-state index contributed by atoms with van der Waals surface area (Å²) in [7, 11) is 1.66. The first-order valence-electron chi connectivity index (χ1n) is 12.8. The molecule has 1 aromatic heterocycles. The van der Waals surface area contributed by atoms with Crippen molar-refractivity contribution in [2.24, 2.45) is 0 Å². The maximum absolute atomic E-state index is 12.2. The normalized spacial score (nSPS) is 11.0. The lowest BCUT2D eigenvalue weighted by atomic mass is 10.1. The Balaban J connectivity index is 1.20. The van der Waals surface area contributed by atoms with Crippen LogP contribution in [0.1, 0.15) is 37.1 Å². The second kappa shape index (κ2) is 13.7. The van der Waals surface area contributed by atoms with Gasteiger partial charge in [-0.3, -0.25) is 4.79 Å². The first-order valence-corrected chi connectivity index (χ1v) is 13.2. The van der Waals surface area contributed by atoms with Gasteiger partial charge in [0.25, 0.3) is 0 Å². The highest BCUT2D eigenvalue weighted by Gasteiger charge is 2.10. The summed E-state index contributed by atoms with van der Waals surface area (Å²) in [5.74, 6) is 2.82. The number of halogens is 1. The number of fused-ring (bicyclic) bond motifs is 1. The van der Waals surface area contributed by atoms with E-state index in [0.717, 1.165) is 72.6 Å². The van der Waals surface area contributed by atoms with Gasteiger partial charge in [-0.2, -0.15) is 0 Å². The highest BCUT2D eigenvalue weighted by Crippen LogP contribution is 2.20. The molecule has 0 atom stereocenters. The lowest BCUT2D eigenvalue weighted by Gasteiger charge is -2.11. The molecule has 1 N–H and O–H groups in total. The van der Waals surface area contributed by atoms with Crippen LogP contribution in [0, 0.1) is 0 Å². The second-order valence-electron chi connectivity index (χ2n) is 9.01.